The summed E-state index contributed by atoms with van der Waals surface area (Å²) in [6.45, 7) is 5.15. The second-order valence-electron chi connectivity index (χ2n) is 6.69. The Hall–Kier alpha value is -2.25. The molecule has 2 atom stereocenters. The van der Waals surface area contributed by atoms with Crippen LogP contribution in [0.4, 0.5) is 10.1 Å². The van der Waals surface area contributed by atoms with Crippen LogP contribution in [0.2, 0.25) is 0 Å². The lowest BCUT2D eigenvalue weighted by molar-refractivity contribution is 0.102. The van der Waals surface area contributed by atoms with Crippen molar-refractivity contribution in [2.75, 3.05) is 18.5 Å². The van der Waals surface area contributed by atoms with Crippen LogP contribution in [-0.4, -0.2) is 50.9 Å². The normalized spacial score (nSPS) is 21.0. The maximum absolute atomic E-state index is 13.2. The highest BCUT2D eigenvalue weighted by Crippen LogP contribution is 2.29. The highest BCUT2D eigenvalue weighted by atomic mass is 19.1. The van der Waals surface area contributed by atoms with E-state index in [1.54, 1.807) is 18.5 Å². The number of anilines is 1. The fourth-order valence-electron chi connectivity index (χ4n) is 3.36. The summed E-state index contributed by atoms with van der Waals surface area (Å²) in [5.74, 6) is -0.819. The summed E-state index contributed by atoms with van der Waals surface area (Å²) < 4.78 is 15.1. The first-order valence-corrected chi connectivity index (χ1v) is 8.45. The molecule has 1 aliphatic rings. The molecule has 0 bridgehead atoms. The smallest absolute Gasteiger partial charge is 0.255 e. The number of nitrogens with zero attached hydrogens (tertiary/aromatic N) is 3. The quantitative estimate of drug-likeness (QED) is 0.871. The zero-order chi connectivity index (χ0) is 18.0. The molecule has 2 N–H and O–H groups in total. The van der Waals surface area contributed by atoms with E-state index in [1.807, 2.05) is 4.68 Å². The van der Waals surface area contributed by atoms with Crippen molar-refractivity contribution in [3.05, 3.63) is 48.0 Å². The van der Waals surface area contributed by atoms with E-state index < -0.39 is 5.82 Å². The molecule has 0 aliphatic carbocycles. The molecule has 0 radical (unpaired) electrons. The van der Waals surface area contributed by atoms with Crippen LogP contribution in [0.5, 0.6) is 0 Å². The molecule has 7 heteroatoms. The number of hydrogen-bond acceptors (Lipinski definition) is 4. The number of nitrogens with one attached hydrogen (secondary N) is 1. The van der Waals surface area contributed by atoms with E-state index in [1.165, 1.54) is 18.2 Å². The first-order valence-electron chi connectivity index (χ1n) is 8.45. The van der Waals surface area contributed by atoms with Crippen molar-refractivity contribution in [3.63, 3.8) is 0 Å². The summed E-state index contributed by atoms with van der Waals surface area (Å²) >= 11 is 0. The molecule has 134 valence electrons. The van der Waals surface area contributed by atoms with Gasteiger partial charge in [0.1, 0.15) is 5.82 Å². The van der Waals surface area contributed by atoms with Crippen molar-refractivity contribution in [2.45, 2.75) is 38.4 Å². The Kier molecular flexibility index (Phi) is 5.15. The van der Waals surface area contributed by atoms with Crippen molar-refractivity contribution in [1.29, 1.82) is 0 Å². The molecule has 2 aromatic rings. The van der Waals surface area contributed by atoms with Crippen LogP contribution in [0.3, 0.4) is 0 Å². The van der Waals surface area contributed by atoms with Gasteiger partial charge in [0.05, 0.1) is 24.5 Å². The Morgan fingerprint density at radius 1 is 1.48 bits per heavy atom. The first kappa shape index (κ1) is 17.6. The first-order chi connectivity index (χ1) is 12.0. The summed E-state index contributed by atoms with van der Waals surface area (Å²) in [5.41, 5.74) is 0.831. The number of carbonyl (C=O) groups excluding carboxylic acids is 1. The topological polar surface area (TPSA) is 70.4 Å². The maximum atomic E-state index is 13.2. The Labute approximate surface area is 146 Å². The highest BCUT2D eigenvalue weighted by molar-refractivity contribution is 6.04. The molecular weight excluding hydrogens is 323 g/mol. The van der Waals surface area contributed by atoms with Crippen molar-refractivity contribution < 1.29 is 14.3 Å². The van der Waals surface area contributed by atoms with E-state index in [0.29, 0.717) is 11.7 Å². The summed E-state index contributed by atoms with van der Waals surface area (Å²) in [6, 6.07) is 6.19. The number of amides is 1. The highest BCUT2D eigenvalue weighted by Gasteiger charge is 2.34. The minimum atomic E-state index is -0.446. The van der Waals surface area contributed by atoms with Gasteiger partial charge in [-0.3, -0.25) is 14.4 Å². The molecule has 1 aromatic heterocycles. The van der Waals surface area contributed by atoms with E-state index in [2.05, 4.69) is 29.2 Å². The molecular formula is C18H23FN4O2. The number of rotatable bonds is 5. The largest absolute Gasteiger partial charge is 0.395 e. The summed E-state index contributed by atoms with van der Waals surface area (Å²) in [5, 5.41) is 16.6. The second-order valence-corrected chi connectivity index (χ2v) is 6.69. The Morgan fingerprint density at radius 2 is 2.28 bits per heavy atom. The molecule has 1 saturated heterocycles. The van der Waals surface area contributed by atoms with Crippen molar-refractivity contribution in [2.24, 2.45) is 0 Å². The average Bonchev–Trinajstić information content (AvgIpc) is 3.21. The van der Waals surface area contributed by atoms with Crippen LogP contribution in [0.15, 0.2) is 36.7 Å². The van der Waals surface area contributed by atoms with Crippen molar-refractivity contribution in [3.8, 4) is 0 Å². The number of benzene rings is 1. The molecule has 25 heavy (non-hydrogen) atoms. The fraction of sp³-hybridized carbons (Fsp3) is 0.444. The monoisotopic (exact) mass is 346 g/mol. The lowest BCUT2D eigenvalue weighted by Gasteiger charge is -2.26. The van der Waals surface area contributed by atoms with Gasteiger partial charge in [-0.1, -0.05) is 6.07 Å². The zero-order valence-corrected chi connectivity index (χ0v) is 14.4. The van der Waals surface area contributed by atoms with E-state index >= 15 is 0 Å². The Bertz CT molecular complexity index is 746. The van der Waals surface area contributed by atoms with Crippen LogP contribution < -0.4 is 5.32 Å². The molecule has 3 rings (SSSR count). The maximum Gasteiger partial charge on any atom is 0.255 e. The summed E-state index contributed by atoms with van der Waals surface area (Å²) in [6.07, 6.45) is 4.18. The third kappa shape index (κ3) is 3.88. The number of carbonyl (C=O) groups is 1. The minimum Gasteiger partial charge on any atom is -0.395 e. The van der Waals surface area contributed by atoms with Gasteiger partial charge < -0.3 is 10.4 Å². The van der Waals surface area contributed by atoms with Gasteiger partial charge in [-0.15, -0.1) is 0 Å². The standard InChI is InChI=1S/C18H23FN4O2/c1-12(2)22-10-16(7-17(22)11-24)23-9-15(8-20-23)21-18(25)13-4-3-5-14(19)6-13/h3-6,8-9,12,16-17,24H,7,10-11H2,1-2H3,(H,21,25)/t16-,17-/m0/s1. The van der Waals surface area contributed by atoms with Crippen LogP contribution in [0.1, 0.15) is 36.7 Å². The molecule has 0 unspecified atom stereocenters. The van der Waals surface area contributed by atoms with Crippen LogP contribution in [0.25, 0.3) is 0 Å². The number of aliphatic hydroxyl groups excluding tert-OH is 1. The van der Waals surface area contributed by atoms with E-state index in [-0.39, 0.29) is 30.2 Å². The van der Waals surface area contributed by atoms with Crippen molar-refractivity contribution >= 4 is 11.6 Å². The molecule has 2 heterocycles. The van der Waals surface area contributed by atoms with Gasteiger partial charge in [-0.25, -0.2) is 4.39 Å². The van der Waals surface area contributed by atoms with Gasteiger partial charge in [-0.2, -0.15) is 5.10 Å². The van der Waals surface area contributed by atoms with Crippen LogP contribution in [0, 0.1) is 5.82 Å². The number of aliphatic hydroxyl groups is 1. The lowest BCUT2D eigenvalue weighted by atomic mass is 10.2. The molecule has 1 aromatic carbocycles. The third-order valence-electron chi connectivity index (χ3n) is 4.63. The molecule has 6 nitrogen and oxygen atoms in total. The summed E-state index contributed by atoms with van der Waals surface area (Å²) in [7, 11) is 0. The molecule has 1 fully saturated rings. The van der Waals surface area contributed by atoms with Gasteiger partial charge >= 0.3 is 0 Å². The fourth-order valence-corrected chi connectivity index (χ4v) is 3.36. The molecule has 0 spiro atoms. The summed E-state index contributed by atoms with van der Waals surface area (Å²) in [4.78, 5) is 14.4. The van der Waals surface area contributed by atoms with Crippen molar-refractivity contribution in [1.82, 2.24) is 14.7 Å². The van der Waals surface area contributed by atoms with E-state index in [4.69, 9.17) is 0 Å². The van der Waals surface area contributed by atoms with Crippen LogP contribution >= 0.6 is 0 Å². The average molecular weight is 346 g/mol. The SMILES string of the molecule is CC(C)N1C[C@@H](n2cc(NC(=O)c3cccc(F)c3)cn2)C[C@H]1CO. The molecule has 1 amide bonds. The molecule has 1 aliphatic heterocycles. The number of halogens is 1. The third-order valence-corrected chi connectivity index (χ3v) is 4.63. The minimum absolute atomic E-state index is 0.124. The predicted molar refractivity (Wildman–Crippen MR) is 93.0 cm³/mol. The lowest BCUT2D eigenvalue weighted by Crippen LogP contribution is -2.37. The Morgan fingerprint density at radius 3 is 2.92 bits per heavy atom. The molecule has 0 saturated carbocycles. The van der Waals surface area contributed by atoms with E-state index in [9.17, 15) is 14.3 Å². The van der Waals surface area contributed by atoms with Gasteiger partial charge in [0.15, 0.2) is 0 Å². The second kappa shape index (κ2) is 7.33. The number of aromatic nitrogens is 2. The van der Waals surface area contributed by atoms with Crippen LogP contribution in [-0.2, 0) is 0 Å². The van der Waals surface area contributed by atoms with Gasteiger partial charge in [-0.05, 0) is 38.5 Å². The van der Waals surface area contributed by atoms with E-state index in [0.717, 1.165) is 13.0 Å². The Balaban J connectivity index is 1.68. The zero-order valence-electron chi connectivity index (χ0n) is 14.4. The number of likely N-dealkylation sites (tertiary alicyclic amines) is 1. The number of hydrogen-bond donors (Lipinski definition) is 2. The predicted octanol–water partition coefficient (Wildman–Crippen LogP) is 2.29. The van der Waals surface area contributed by atoms with Gasteiger partial charge in [0.2, 0.25) is 0 Å². The van der Waals surface area contributed by atoms with Gasteiger partial charge in [0, 0.05) is 30.4 Å². The van der Waals surface area contributed by atoms with Gasteiger partial charge in [0.25, 0.3) is 5.91 Å².